The first-order valence-electron chi connectivity index (χ1n) is 9.55. The number of hydrogen-bond acceptors (Lipinski definition) is 4. The highest BCUT2D eigenvalue weighted by atomic mass is 35.5. The Hall–Kier alpha value is -1.59. The summed E-state index contributed by atoms with van der Waals surface area (Å²) >= 11 is 6.05. The predicted octanol–water partition coefficient (Wildman–Crippen LogP) is 4.07. The van der Waals surface area contributed by atoms with Gasteiger partial charge >= 0.3 is 0 Å². The third kappa shape index (κ3) is 6.51. The van der Waals surface area contributed by atoms with Crippen molar-refractivity contribution in [3.8, 4) is 5.75 Å². The Bertz CT molecular complexity index is 704. The van der Waals surface area contributed by atoms with Gasteiger partial charge in [0, 0.05) is 31.3 Å². The van der Waals surface area contributed by atoms with Crippen LogP contribution in [0.2, 0.25) is 5.02 Å². The number of hydrogen-bond donors (Lipinski definition) is 1. The summed E-state index contributed by atoms with van der Waals surface area (Å²) in [6.45, 7) is 5.18. The molecule has 1 saturated heterocycles. The highest BCUT2D eigenvalue weighted by Crippen LogP contribution is 2.21. The molecule has 2 aromatic rings. The molecule has 0 aromatic heterocycles. The van der Waals surface area contributed by atoms with Crippen LogP contribution in [0.4, 0.5) is 0 Å². The van der Waals surface area contributed by atoms with Crippen molar-refractivity contribution in [2.24, 2.45) is 0 Å². The van der Waals surface area contributed by atoms with E-state index in [0.717, 1.165) is 43.9 Å². The van der Waals surface area contributed by atoms with Gasteiger partial charge in [0.05, 0.1) is 6.10 Å². The van der Waals surface area contributed by atoms with E-state index in [-0.39, 0.29) is 12.7 Å². The number of nitrogens with zero attached hydrogens (tertiary/aromatic N) is 1. The number of halogens is 1. The average molecular weight is 390 g/mol. The van der Waals surface area contributed by atoms with E-state index in [1.165, 1.54) is 5.56 Å². The summed E-state index contributed by atoms with van der Waals surface area (Å²) in [7, 11) is 0. The second-order valence-electron chi connectivity index (χ2n) is 7.19. The van der Waals surface area contributed by atoms with Crippen LogP contribution in [0.25, 0.3) is 0 Å². The summed E-state index contributed by atoms with van der Waals surface area (Å²) in [5.74, 6) is 0.727. The van der Waals surface area contributed by atoms with E-state index >= 15 is 0 Å². The van der Waals surface area contributed by atoms with Gasteiger partial charge in [0.25, 0.3) is 0 Å². The number of aliphatic hydroxyl groups excluding tert-OH is 1. The molecule has 0 aliphatic carbocycles. The number of aryl methyl sites for hydroxylation is 1. The van der Waals surface area contributed by atoms with Crippen molar-refractivity contribution in [2.45, 2.75) is 38.5 Å². The first-order chi connectivity index (χ1) is 13.1. The molecular formula is C22H28ClNO3. The lowest BCUT2D eigenvalue weighted by molar-refractivity contribution is 0.0313. The standard InChI is InChI=1S/C22H28ClNO3/c1-17-12-20(9-10-22(17)23)27-16-19(25)14-24(15-21-8-5-11-26-21)13-18-6-3-2-4-7-18/h2-4,6-7,9-10,12,19,21,25H,5,8,11,13-16H2,1H3. The molecule has 146 valence electrons. The summed E-state index contributed by atoms with van der Waals surface area (Å²) in [6, 6.07) is 15.9. The van der Waals surface area contributed by atoms with Gasteiger partial charge in [-0.2, -0.15) is 0 Å². The van der Waals surface area contributed by atoms with Gasteiger partial charge in [-0.15, -0.1) is 0 Å². The quantitative estimate of drug-likeness (QED) is 0.702. The zero-order valence-electron chi connectivity index (χ0n) is 15.8. The van der Waals surface area contributed by atoms with Gasteiger partial charge in [-0.05, 0) is 49.1 Å². The van der Waals surface area contributed by atoms with Gasteiger partial charge in [0.1, 0.15) is 18.5 Å². The molecule has 1 aliphatic rings. The Morgan fingerprint density at radius 2 is 2.07 bits per heavy atom. The maximum atomic E-state index is 10.5. The Balaban J connectivity index is 1.55. The highest BCUT2D eigenvalue weighted by Gasteiger charge is 2.21. The Morgan fingerprint density at radius 1 is 1.26 bits per heavy atom. The molecule has 1 heterocycles. The average Bonchev–Trinajstić information content (AvgIpc) is 3.16. The molecule has 0 saturated carbocycles. The molecule has 0 amide bonds. The van der Waals surface area contributed by atoms with E-state index in [9.17, 15) is 5.11 Å². The maximum Gasteiger partial charge on any atom is 0.119 e. The summed E-state index contributed by atoms with van der Waals surface area (Å²) in [6.07, 6.45) is 1.87. The minimum atomic E-state index is -0.578. The monoisotopic (exact) mass is 389 g/mol. The molecule has 5 heteroatoms. The molecule has 1 N–H and O–H groups in total. The van der Waals surface area contributed by atoms with Crippen LogP contribution in [0, 0.1) is 6.92 Å². The topological polar surface area (TPSA) is 41.9 Å². The molecule has 2 unspecified atom stereocenters. The van der Waals surface area contributed by atoms with E-state index < -0.39 is 6.10 Å². The third-order valence-electron chi connectivity index (χ3n) is 4.78. The van der Waals surface area contributed by atoms with E-state index in [0.29, 0.717) is 11.6 Å². The van der Waals surface area contributed by atoms with Crippen LogP contribution in [-0.2, 0) is 11.3 Å². The van der Waals surface area contributed by atoms with Crippen LogP contribution in [0.15, 0.2) is 48.5 Å². The van der Waals surface area contributed by atoms with Crippen LogP contribution in [0.5, 0.6) is 5.75 Å². The molecule has 2 atom stereocenters. The zero-order chi connectivity index (χ0) is 19.1. The van der Waals surface area contributed by atoms with Crippen molar-refractivity contribution in [1.29, 1.82) is 0 Å². The van der Waals surface area contributed by atoms with Crippen LogP contribution in [0.1, 0.15) is 24.0 Å². The van der Waals surface area contributed by atoms with E-state index in [4.69, 9.17) is 21.1 Å². The second-order valence-corrected chi connectivity index (χ2v) is 7.60. The number of benzene rings is 2. The normalized spacial score (nSPS) is 18.0. The molecule has 0 radical (unpaired) electrons. The SMILES string of the molecule is Cc1cc(OCC(O)CN(Cc2ccccc2)CC2CCCO2)ccc1Cl. The van der Waals surface area contributed by atoms with Crippen LogP contribution < -0.4 is 4.74 Å². The zero-order valence-corrected chi connectivity index (χ0v) is 16.6. The molecule has 1 aliphatic heterocycles. The first kappa shape index (κ1) is 20.2. The van der Waals surface area contributed by atoms with Gasteiger partial charge in [-0.1, -0.05) is 41.9 Å². The fourth-order valence-electron chi connectivity index (χ4n) is 3.37. The molecular weight excluding hydrogens is 362 g/mol. The number of ether oxygens (including phenoxy) is 2. The molecule has 3 rings (SSSR count). The molecule has 0 bridgehead atoms. The summed E-state index contributed by atoms with van der Waals surface area (Å²) in [5.41, 5.74) is 2.20. The molecule has 27 heavy (non-hydrogen) atoms. The van der Waals surface area contributed by atoms with Crippen molar-refractivity contribution < 1.29 is 14.6 Å². The molecule has 2 aromatic carbocycles. The van der Waals surface area contributed by atoms with Crippen molar-refractivity contribution in [1.82, 2.24) is 4.90 Å². The van der Waals surface area contributed by atoms with E-state index in [2.05, 4.69) is 17.0 Å². The predicted molar refractivity (Wildman–Crippen MR) is 108 cm³/mol. The fraction of sp³-hybridized carbons (Fsp3) is 0.455. The Labute approximate surface area is 166 Å². The van der Waals surface area contributed by atoms with Gasteiger partial charge in [0.15, 0.2) is 0 Å². The lowest BCUT2D eigenvalue weighted by Crippen LogP contribution is -2.39. The van der Waals surface area contributed by atoms with Gasteiger partial charge in [0.2, 0.25) is 0 Å². The summed E-state index contributed by atoms with van der Waals surface area (Å²) in [4.78, 5) is 2.26. The van der Waals surface area contributed by atoms with Crippen molar-refractivity contribution in [3.05, 3.63) is 64.7 Å². The van der Waals surface area contributed by atoms with Crippen molar-refractivity contribution >= 4 is 11.6 Å². The molecule has 4 nitrogen and oxygen atoms in total. The molecule has 1 fully saturated rings. The maximum absolute atomic E-state index is 10.5. The van der Waals surface area contributed by atoms with E-state index in [1.54, 1.807) is 0 Å². The smallest absolute Gasteiger partial charge is 0.119 e. The van der Waals surface area contributed by atoms with Gasteiger partial charge in [-0.25, -0.2) is 0 Å². The van der Waals surface area contributed by atoms with Crippen LogP contribution >= 0.6 is 11.6 Å². The minimum absolute atomic E-state index is 0.248. The first-order valence-corrected chi connectivity index (χ1v) is 9.93. The third-order valence-corrected chi connectivity index (χ3v) is 5.20. The number of rotatable bonds is 9. The highest BCUT2D eigenvalue weighted by molar-refractivity contribution is 6.31. The van der Waals surface area contributed by atoms with Crippen molar-refractivity contribution in [3.63, 3.8) is 0 Å². The Kier molecular flexibility index (Phi) is 7.53. The van der Waals surface area contributed by atoms with Gasteiger partial charge < -0.3 is 14.6 Å². The van der Waals surface area contributed by atoms with Gasteiger partial charge in [-0.3, -0.25) is 4.90 Å². The lowest BCUT2D eigenvalue weighted by Gasteiger charge is -2.27. The molecule has 0 spiro atoms. The van der Waals surface area contributed by atoms with E-state index in [1.807, 2.05) is 43.3 Å². The lowest BCUT2D eigenvalue weighted by atomic mass is 10.1. The fourth-order valence-corrected chi connectivity index (χ4v) is 3.49. The van der Waals surface area contributed by atoms with Crippen LogP contribution in [-0.4, -0.2) is 48.5 Å². The van der Waals surface area contributed by atoms with Crippen LogP contribution in [0.3, 0.4) is 0 Å². The largest absolute Gasteiger partial charge is 0.491 e. The Morgan fingerprint density at radius 3 is 2.78 bits per heavy atom. The summed E-state index contributed by atoms with van der Waals surface area (Å²) < 4.78 is 11.5. The second kappa shape index (κ2) is 10.1. The summed E-state index contributed by atoms with van der Waals surface area (Å²) in [5, 5.41) is 11.2. The minimum Gasteiger partial charge on any atom is -0.491 e. The number of aliphatic hydroxyl groups is 1. The van der Waals surface area contributed by atoms with Crippen molar-refractivity contribution in [2.75, 3.05) is 26.3 Å².